The van der Waals surface area contributed by atoms with Crippen LogP contribution in [0.5, 0.6) is 5.75 Å². The molecule has 4 nitrogen and oxygen atoms in total. The maximum Gasteiger partial charge on any atom is 0.271 e. The Morgan fingerprint density at radius 2 is 1.88 bits per heavy atom. The van der Waals surface area contributed by atoms with Crippen LogP contribution in [-0.2, 0) is 0 Å². The van der Waals surface area contributed by atoms with Crippen LogP contribution in [0.15, 0.2) is 60.0 Å². The fourth-order valence-corrected chi connectivity index (χ4v) is 2.90. The number of carbonyl (C=O) groups is 1. The molecule has 2 aromatic carbocycles. The summed E-state index contributed by atoms with van der Waals surface area (Å²) in [6.45, 7) is 0.212. The summed E-state index contributed by atoms with van der Waals surface area (Å²) in [5.41, 5.74) is 1.33. The average molecular weight is 366 g/mol. The molecule has 0 bridgehead atoms. The van der Waals surface area contributed by atoms with Crippen LogP contribution in [0.4, 0.5) is 4.39 Å². The molecular weight excluding hydrogens is 351 g/mol. The van der Waals surface area contributed by atoms with Crippen LogP contribution < -0.4 is 10.1 Å². The van der Waals surface area contributed by atoms with E-state index in [-0.39, 0.29) is 24.8 Å². The van der Waals surface area contributed by atoms with Gasteiger partial charge in [0.05, 0.1) is 6.54 Å². The standard InChI is InChI=1S/C20H15FN2O2S/c21-16-10-4-5-11-18(16)25-13-7-6-12-22-19(24)17-14-26-20(23-17)15-8-2-1-3-9-15/h1-5,8-11,14H,12-13H2,(H,22,24). The highest BCUT2D eigenvalue weighted by atomic mass is 32.1. The Balaban J connectivity index is 1.46. The molecule has 1 N–H and O–H groups in total. The van der Waals surface area contributed by atoms with Crippen molar-refractivity contribution in [1.29, 1.82) is 0 Å². The highest BCUT2D eigenvalue weighted by Gasteiger charge is 2.10. The van der Waals surface area contributed by atoms with Gasteiger partial charge in [-0.1, -0.05) is 54.3 Å². The van der Waals surface area contributed by atoms with E-state index in [0.717, 1.165) is 10.6 Å². The van der Waals surface area contributed by atoms with Crippen molar-refractivity contribution in [2.45, 2.75) is 0 Å². The number of nitrogens with zero attached hydrogens (tertiary/aromatic N) is 1. The van der Waals surface area contributed by atoms with Gasteiger partial charge in [0.15, 0.2) is 11.6 Å². The molecule has 1 amide bonds. The van der Waals surface area contributed by atoms with E-state index < -0.39 is 5.82 Å². The number of hydrogen-bond donors (Lipinski definition) is 1. The molecule has 0 unspecified atom stereocenters. The van der Waals surface area contributed by atoms with E-state index >= 15 is 0 Å². The third-order valence-electron chi connectivity index (χ3n) is 3.36. The summed E-state index contributed by atoms with van der Waals surface area (Å²) in [5, 5.41) is 5.18. The van der Waals surface area contributed by atoms with Crippen molar-refractivity contribution in [3.05, 3.63) is 71.5 Å². The SMILES string of the molecule is O=C(NCC#CCOc1ccccc1F)c1csc(-c2ccccc2)n1. The van der Waals surface area contributed by atoms with Gasteiger partial charge in [-0.2, -0.15) is 0 Å². The van der Waals surface area contributed by atoms with Gasteiger partial charge in [0.2, 0.25) is 0 Å². The second-order valence-corrected chi connectivity index (χ2v) is 6.02. The molecule has 0 fully saturated rings. The normalized spacial score (nSPS) is 9.88. The fourth-order valence-electron chi connectivity index (χ4n) is 2.10. The van der Waals surface area contributed by atoms with E-state index in [2.05, 4.69) is 22.1 Å². The van der Waals surface area contributed by atoms with Crippen LogP contribution in [0.1, 0.15) is 10.5 Å². The summed E-state index contributed by atoms with van der Waals surface area (Å²) >= 11 is 1.41. The van der Waals surface area contributed by atoms with Gasteiger partial charge in [-0.25, -0.2) is 9.37 Å². The number of nitrogens with one attached hydrogen (secondary N) is 1. The predicted molar refractivity (Wildman–Crippen MR) is 99.6 cm³/mol. The second-order valence-electron chi connectivity index (χ2n) is 5.16. The summed E-state index contributed by atoms with van der Waals surface area (Å²) in [4.78, 5) is 16.4. The Hall–Kier alpha value is -3.17. The lowest BCUT2D eigenvalue weighted by molar-refractivity contribution is 0.0954. The monoisotopic (exact) mass is 366 g/mol. The molecule has 0 aliphatic heterocycles. The average Bonchev–Trinajstić information content (AvgIpc) is 3.17. The Bertz CT molecular complexity index is 945. The van der Waals surface area contributed by atoms with Crippen LogP contribution in [-0.4, -0.2) is 24.0 Å². The van der Waals surface area contributed by atoms with Gasteiger partial charge in [0, 0.05) is 10.9 Å². The highest BCUT2D eigenvalue weighted by Crippen LogP contribution is 2.23. The smallest absolute Gasteiger partial charge is 0.271 e. The summed E-state index contributed by atoms with van der Waals surface area (Å²) in [6.07, 6.45) is 0. The molecule has 6 heteroatoms. The Morgan fingerprint density at radius 3 is 2.69 bits per heavy atom. The van der Waals surface area contributed by atoms with Gasteiger partial charge in [0.1, 0.15) is 17.3 Å². The van der Waals surface area contributed by atoms with Crippen molar-refractivity contribution in [2.24, 2.45) is 0 Å². The van der Waals surface area contributed by atoms with E-state index in [1.165, 1.54) is 23.5 Å². The van der Waals surface area contributed by atoms with Crippen molar-refractivity contribution >= 4 is 17.2 Å². The van der Waals surface area contributed by atoms with Crippen LogP contribution >= 0.6 is 11.3 Å². The number of halogens is 1. The molecule has 1 heterocycles. The number of hydrogen-bond acceptors (Lipinski definition) is 4. The molecule has 1 aromatic heterocycles. The van der Waals surface area contributed by atoms with Crippen LogP contribution in [0.2, 0.25) is 0 Å². The van der Waals surface area contributed by atoms with Crippen molar-refractivity contribution in [2.75, 3.05) is 13.2 Å². The van der Waals surface area contributed by atoms with Gasteiger partial charge < -0.3 is 10.1 Å². The third-order valence-corrected chi connectivity index (χ3v) is 4.25. The van der Waals surface area contributed by atoms with Gasteiger partial charge >= 0.3 is 0 Å². The maximum absolute atomic E-state index is 13.3. The molecule has 0 aliphatic rings. The molecule has 0 atom stereocenters. The minimum atomic E-state index is -0.430. The summed E-state index contributed by atoms with van der Waals surface area (Å²) < 4.78 is 18.6. The number of thiazole rings is 1. The lowest BCUT2D eigenvalue weighted by Crippen LogP contribution is -2.23. The number of amides is 1. The lowest BCUT2D eigenvalue weighted by Gasteiger charge is -2.02. The van der Waals surface area contributed by atoms with Gasteiger partial charge in [0.25, 0.3) is 5.91 Å². The maximum atomic E-state index is 13.3. The van der Waals surface area contributed by atoms with Gasteiger partial charge in [-0.15, -0.1) is 11.3 Å². The molecule has 0 aliphatic carbocycles. The van der Waals surface area contributed by atoms with Gasteiger partial charge in [-0.3, -0.25) is 4.79 Å². The molecule has 0 saturated heterocycles. The zero-order valence-corrected chi connectivity index (χ0v) is 14.6. The lowest BCUT2D eigenvalue weighted by atomic mass is 10.2. The largest absolute Gasteiger partial charge is 0.478 e. The molecule has 130 valence electrons. The first-order chi connectivity index (χ1) is 12.7. The Kier molecular flexibility index (Phi) is 5.96. The zero-order valence-electron chi connectivity index (χ0n) is 13.7. The minimum Gasteiger partial charge on any atom is -0.478 e. The van der Waals surface area contributed by atoms with E-state index in [0.29, 0.717) is 5.69 Å². The van der Waals surface area contributed by atoms with Crippen molar-refractivity contribution in [3.63, 3.8) is 0 Å². The molecule has 3 aromatic rings. The summed E-state index contributed by atoms with van der Waals surface area (Å²) in [7, 11) is 0. The number of aromatic nitrogens is 1. The predicted octanol–water partition coefficient (Wildman–Crippen LogP) is 3.76. The van der Waals surface area contributed by atoms with E-state index in [1.807, 2.05) is 30.3 Å². The molecule has 0 radical (unpaired) electrons. The number of carbonyl (C=O) groups excluding carboxylic acids is 1. The molecule has 26 heavy (non-hydrogen) atoms. The second kappa shape index (κ2) is 8.79. The third kappa shape index (κ3) is 4.68. The number of para-hydroxylation sites is 1. The van der Waals surface area contributed by atoms with Crippen molar-refractivity contribution in [1.82, 2.24) is 10.3 Å². The molecular formula is C20H15FN2O2S. The first kappa shape index (κ1) is 17.6. The first-order valence-corrected chi connectivity index (χ1v) is 8.74. The molecule has 3 rings (SSSR count). The van der Waals surface area contributed by atoms with Crippen LogP contribution in [0.3, 0.4) is 0 Å². The van der Waals surface area contributed by atoms with Crippen LogP contribution in [0.25, 0.3) is 10.6 Å². The number of ether oxygens (including phenoxy) is 1. The molecule has 0 spiro atoms. The Morgan fingerprint density at radius 1 is 1.12 bits per heavy atom. The quantitative estimate of drug-likeness (QED) is 0.700. The molecule has 0 saturated carbocycles. The number of benzene rings is 2. The van der Waals surface area contributed by atoms with E-state index in [9.17, 15) is 9.18 Å². The van der Waals surface area contributed by atoms with E-state index in [4.69, 9.17) is 4.74 Å². The highest BCUT2D eigenvalue weighted by molar-refractivity contribution is 7.13. The first-order valence-electron chi connectivity index (χ1n) is 7.86. The zero-order chi connectivity index (χ0) is 18.2. The van der Waals surface area contributed by atoms with Crippen molar-refractivity contribution < 1.29 is 13.9 Å². The number of rotatable bonds is 5. The topological polar surface area (TPSA) is 51.2 Å². The minimum absolute atomic E-state index is 0.0473. The van der Waals surface area contributed by atoms with E-state index in [1.54, 1.807) is 17.5 Å². The summed E-state index contributed by atoms with van der Waals surface area (Å²) in [6, 6.07) is 15.8. The summed E-state index contributed by atoms with van der Waals surface area (Å²) in [5.74, 6) is 4.93. The van der Waals surface area contributed by atoms with Crippen molar-refractivity contribution in [3.8, 4) is 28.2 Å². The van der Waals surface area contributed by atoms with Crippen LogP contribution in [0, 0.1) is 17.7 Å². The fraction of sp³-hybridized carbons (Fsp3) is 0.100. The Labute approximate surface area is 154 Å². The van der Waals surface area contributed by atoms with Gasteiger partial charge in [-0.05, 0) is 12.1 Å².